The van der Waals surface area contributed by atoms with E-state index in [0.717, 1.165) is 48.9 Å². The van der Waals surface area contributed by atoms with Gasteiger partial charge in [-0.1, -0.05) is 18.7 Å². The second-order valence-electron chi connectivity index (χ2n) is 7.13. The Kier molecular flexibility index (Phi) is 5.33. The number of nitrogens with one attached hydrogen (secondary N) is 2. The number of amides is 1. The zero-order chi connectivity index (χ0) is 18.1. The number of thioether (sulfide) groups is 1. The van der Waals surface area contributed by atoms with E-state index in [2.05, 4.69) is 22.2 Å². The van der Waals surface area contributed by atoms with E-state index in [0.29, 0.717) is 17.6 Å². The van der Waals surface area contributed by atoms with Crippen LogP contribution in [0.5, 0.6) is 0 Å². The number of fused-ring (bicyclic) bond motifs is 3. The largest absolute Gasteiger partial charge is 0.376 e. The van der Waals surface area contributed by atoms with E-state index < -0.39 is 0 Å². The summed E-state index contributed by atoms with van der Waals surface area (Å²) in [6.45, 7) is 3.59. The van der Waals surface area contributed by atoms with Crippen LogP contribution >= 0.6 is 23.1 Å². The van der Waals surface area contributed by atoms with Gasteiger partial charge in [0.1, 0.15) is 4.83 Å². The molecule has 1 saturated heterocycles. The quantitative estimate of drug-likeness (QED) is 0.602. The molecule has 1 aliphatic heterocycles. The van der Waals surface area contributed by atoms with Gasteiger partial charge < -0.3 is 15.0 Å². The molecule has 2 aromatic heterocycles. The van der Waals surface area contributed by atoms with Crippen LogP contribution in [0.15, 0.2) is 9.95 Å². The molecule has 1 amide bonds. The van der Waals surface area contributed by atoms with Crippen molar-refractivity contribution in [2.24, 2.45) is 5.92 Å². The molecule has 0 bridgehead atoms. The summed E-state index contributed by atoms with van der Waals surface area (Å²) in [7, 11) is 0. The molecule has 26 heavy (non-hydrogen) atoms. The molecular formula is C18H23N3O3S2. The standard InChI is InChI=1S/C18H23N3O3S2/c1-10-4-5-12-13(7-10)26-17-15(12)16(23)20-18(21-17)25-9-14(22)19-8-11-3-2-6-24-11/h10-11H,2-9H2,1H3,(H,19,22)(H,20,21,23). The van der Waals surface area contributed by atoms with Crippen molar-refractivity contribution in [2.45, 2.75) is 50.3 Å². The summed E-state index contributed by atoms with van der Waals surface area (Å²) in [5, 5.41) is 4.16. The van der Waals surface area contributed by atoms with Crippen molar-refractivity contribution in [3.05, 3.63) is 20.8 Å². The molecule has 6 nitrogen and oxygen atoms in total. The molecule has 140 valence electrons. The number of thiophene rings is 1. The summed E-state index contributed by atoms with van der Waals surface area (Å²) in [4.78, 5) is 34.1. The molecule has 0 spiro atoms. The molecule has 0 radical (unpaired) electrons. The fraction of sp³-hybridized carbons (Fsp3) is 0.611. The summed E-state index contributed by atoms with van der Waals surface area (Å²) in [5.41, 5.74) is 1.10. The molecule has 1 aliphatic carbocycles. The van der Waals surface area contributed by atoms with E-state index in [1.165, 1.54) is 22.2 Å². The lowest BCUT2D eigenvalue weighted by atomic mass is 9.89. The van der Waals surface area contributed by atoms with Crippen LogP contribution in [-0.4, -0.2) is 40.9 Å². The third-order valence-corrected chi connectivity index (χ3v) is 7.06. The molecule has 4 rings (SSSR count). The van der Waals surface area contributed by atoms with E-state index in [9.17, 15) is 9.59 Å². The third-order valence-electron chi connectivity index (χ3n) is 5.03. The van der Waals surface area contributed by atoms with E-state index in [-0.39, 0.29) is 23.3 Å². The molecule has 2 N–H and O–H groups in total. The Bertz CT molecular complexity index is 870. The number of aromatic amines is 1. The zero-order valence-electron chi connectivity index (χ0n) is 14.8. The number of rotatable bonds is 5. The van der Waals surface area contributed by atoms with Crippen molar-refractivity contribution >= 4 is 39.2 Å². The van der Waals surface area contributed by atoms with Crippen LogP contribution in [0.2, 0.25) is 0 Å². The normalized spacial score (nSPS) is 22.5. The van der Waals surface area contributed by atoms with Crippen molar-refractivity contribution in [1.29, 1.82) is 0 Å². The number of aromatic nitrogens is 2. The molecule has 0 saturated carbocycles. The number of hydrogen-bond donors (Lipinski definition) is 2. The lowest BCUT2D eigenvalue weighted by Gasteiger charge is -2.17. The van der Waals surface area contributed by atoms with Crippen molar-refractivity contribution in [2.75, 3.05) is 18.9 Å². The molecule has 3 heterocycles. The summed E-state index contributed by atoms with van der Waals surface area (Å²) in [5.74, 6) is 0.840. The Labute approximate surface area is 160 Å². The Morgan fingerprint density at radius 1 is 1.46 bits per heavy atom. The highest BCUT2D eigenvalue weighted by Gasteiger charge is 2.23. The Morgan fingerprint density at radius 3 is 3.15 bits per heavy atom. The van der Waals surface area contributed by atoms with Gasteiger partial charge in [-0.15, -0.1) is 11.3 Å². The lowest BCUT2D eigenvalue weighted by Crippen LogP contribution is -2.33. The first-order chi connectivity index (χ1) is 12.6. The fourth-order valence-corrected chi connectivity index (χ4v) is 5.75. The minimum atomic E-state index is -0.0793. The molecule has 8 heteroatoms. The molecule has 2 aromatic rings. The van der Waals surface area contributed by atoms with Crippen LogP contribution < -0.4 is 10.9 Å². The summed E-state index contributed by atoms with van der Waals surface area (Å²) in [6.07, 6.45) is 5.31. The van der Waals surface area contributed by atoms with Gasteiger partial charge in [0.15, 0.2) is 5.16 Å². The minimum absolute atomic E-state index is 0.0625. The van der Waals surface area contributed by atoms with Crippen molar-refractivity contribution in [3.8, 4) is 0 Å². The smallest absolute Gasteiger partial charge is 0.260 e. The summed E-state index contributed by atoms with van der Waals surface area (Å²) >= 11 is 2.91. The fourth-order valence-electron chi connectivity index (χ4n) is 3.62. The van der Waals surface area contributed by atoms with E-state index in [1.807, 2.05) is 0 Å². The highest BCUT2D eigenvalue weighted by Crippen LogP contribution is 2.36. The second-order valence-corrected chi connectivity index (χ2v) is 9.18. The molecule has 2 aliphatic rings. The Balaban J connectivity index is 1.42. The van der Waals surface area contributed by atoms with Crippen LogP contribution in [0.3, 0.4) is 0 Å². The van der Waals surface area contributed by atoms with Crippen LogP contribution in [0, 0.1) is 5.92 Å². The van der Waals surface area contributed by atoms with Gasteiger partial charge in [-0.25, -0.2) is 4.98 Å². The van der Waals surface area contributed by atoms with Gasteiger partial charge >= 0.3 is 0 Å². The average Bonchev–Trinajstić information content (AvgIpc) is 3.24. The van der Waals surface area contributed by atoms with Gasteiger partial charge in [-0.05, 0) is 43.6 Å². The second kappa shape index (κ2) is 7.70. The molecular weight excluding hydrogens is 370 g/mol. The number of carbonyl (C=O) groups is 1. The number of nitrogens with zero attached hydrogens (tertiary/aromatic N) is 1. The van der Waals surface area contributed by atoms with Crippen LogP contribution in [0.1, 0.15) is 36.6 Å². The SMILES string of the molecule is CC1CCc2c(sc3nc(SCC(=O)NCC4CCCO4)[nH]c(=O)c23)C1. The number of aryl methyl sites for hydroxylation is 1. The molecule has 2 unspecified atom stereocenters. The third kappa shape index (κ3) is 3.82. The number of carbonyl (C=O) groups excluding carboxylic acids is 1. The number of H-pyrrole nitrogens is 1. The zero-order valence-corrected chi connectivity index (χ0v) is 16.4. The first-order valence-corrected chi connectivity index (χ1v) is 11.0. The molecule has 1 fully saturated rings. The average molecular weight is 394 g/mol. The van der Waals surface area contributed by atoms with E-state index in [4.69, 9.17) is 4.74 Å². The Hall–Kier alpha value is -1.38. The summed E-state index contributed by atoms with van der Waals surface area (Å²) < 4.78 is 5.50. The first kappa shape index (κ1) is 18.0. The van der Waals surface area contributed by atoms with E-state index in [1.54, 1.807) is 11.3 Å². The van der Waals surface area contributed by atoms with Crippen LogP contribution in [-0.2, 0) is 22.4 Å². The van der Waals surface area contributed by atoms with Gasteiger partial charge in [0.2, 0.25) is 5.91 Å². The summed E-state index contributed by atoms with van der Waals surface area (Å²) in [6, 6.07) is 0. The van der Waals surface area contributed by atoms with Crippen molar-refractivity contribution in [1.82, 2.24) is 15.3 Å². The van der Waals surface area contributed by atoms with Gasteiger partial charge in [-0.3, -0.25) is 9.59 Å². The van der Waals surface area contributed by atoms with Crippen molar-refractivity contribution in [3.63, 3.8) is 0 Å². The predicted molar refractivity (Wildman–Crippen MR) is 104 cm³/mol. The highest BCUT2D eigenvalue weighted by atomic mass is 32.2. The van der Waals surface area contributed by atoms with Gasteiger partial charge in [0, 0.05) is 18.0 Å². The van der Waals surface area contributed by atoms with Gasteiger partial charge in [0.25, 0.3) is 5.56 Å². The minimum Gasteiger partial charge on any atom is -0.376 e. The highest BCUT2D eigenvalue weighted by molar-refractivity contribution is 7.99. The van der Waals surface area contributed by atoms with Crippen LogP contribution in [0.4, 0.5) is 0 Å². The topological polar surface area (TPSA) is 84.1 Å². The van der Waals surface area contributed by atoms with Gasteiger partial charge in [-0.2, -0.15) is 0 Å². The molecule has 2 atom stereocenters. The first-order valence-electron chi connectivity index (χ1n) is 9.16. The maximum absolute atomic E-state index is 12.5. The van der Waals surface area contributed by atoms with Gasteiger partial charge in [0.05, 0.1) is 17.2 Å². The number of hydrogen-bond acceptors (Lipinski definition) is 6. The number of ether oxygens (including phenoxy) is 1. The maximum atomic E-state index is 12.5. The maximum Gasteiger partial charge on any atom is 0.260 e. The van der Waals surface area contributed by atoms with E-state index >= 15 is 0 Å². The lowest BCUT2D eigenvalue weighted by molar-refractivity contribution is -0.119. The Morgan fingerprint density at radius 2 is 2.35 bits per heavy atom. The van der Waals surface area contributed by atoms with Crippen LogP contribution in [0.25, 0.3) is 10.2 Å². The predicted octanol–water partition coefficient (Wildman–Crippen LogP) is 2.50. The van der Waals surface area contributed by atoms with Crippen molar-refractivity contribution < 1.29 is 9.53 Å². The monoisotopic (exact) mass is 393 g/mol. The molecule has 0 aromatic carbocycles.